The number of alkyl halides is 3. The van der Waals surface area contributed by atoms with Crippen molar-refractivity contribution in [3.05, 3.63) is 17.1 Å². The van der Waals surface area contributed by atoms with Gasteiger partial charge >= 0.3 is 0 Å². The maximum atomic E-state index is 11.7. The van der Waals surface area contributed by atoms with Gasteiger partial charge in [-0.1, -0.05) is 34.8 Å². The minimum Gasteiger partial charge on any atom is -0.366 e. The van der Waals surface area contributed by atoms with Crippen molar-refractivity contribution in [2.45, 2.75) is 24.6 Å². The van der Waals surface area contributed by atoms with Crippen LogP contribution in [0.15, 0.2) is 4.99 Å². The fourth-order valence-electron chi connectivity index (χ4n) is 1.43. The molecule has 0 unspecified atom stereocenters. The van der Waals surface area contributed by atoms with E-state index in [1.165, 1.54) is 6.92 Å². The third kappa shape index (κ3) is 4.04. The summed E-state index contributed by atoms with van der Waals surface area (Å²) in [5, 5.41) is 0. The molecule has 1 aromatic heterocycles. The number of hydrogen-bond acceptors (Lipinski definition) is 4. The Labute approximate surface area is 133 Å². The SMILES string of the molecule is CC(=O)c1c(C)nc(C(Cl)(Cl)Cl)nc1N=C(C)N(C)C. The lowest BCUT2D eigenvalue weighted by Crippen LogP contribution is -2.19. The van der Waals surface area contributed by atoms with E-state index in [2.05, 4.69) is 15.0 Å². The molecule has 1 rings (SSSR count). The zero-order valence-electron chi connectivity index (χ0n) is 11.8. The molecule has 0 spiro atoms. The van der Waals surface area contributed by atoms with Gasteiger partial charge in [-0.3, -0.25) is 4.79 Å². The molecule has 0 aromatic carbocycles. The first kappa shape index (κ1) is 17.1. The first-order valence-electron chi connectivity index (χ1n) is 5.73. The molecule has 0 radical (unpaired) electrons. The highest BCUT2D eigenvalue weighted by molar-refractivity contribution is 6.66. The molecule has 0 atom stereocenters. The molecule has 5 nitrogen and oxygen atoms in total. The second kappa shape index (κ2) is 6.24. The zero-order chi connectivity index (χ0) is 15.7. The molecule has 0 aliphatic carbocycles. The Hall–Kier alpha value is -0.910. The Morgan fingerprint density at radius 1 is 1.20 bits per heavy atom. The predicted octanol–water partition coefficient (Wildman–Crippen LogP) is 3.43. The van der Waals surface area contributed by atoms with Crippen LogP contribution in [0.1, 0.15) is 35.7 Å². The molecule has 0 fully saturated rings. The van der Waals surface area contributed by atoms with Crippen molar-refractivity contribution < 1.29 is 4.79 Å². The van der Waals surface area contributed by atoms with Crippen LogP contribution in [0.4, 0.5) is 5.82 Å². The Bertz CT molecular complexity index is 565. The largest absolute Gasteiger partial charge is 0.366 e. The number of aliphatic imine (C=N–C) groups is 1. The molecule has 0 N–H and O–H groups in total. The number of amidine groups is 1. The summed E-state index contributed by atoms with van der Waals surface area (Å²) in [4.78, 5) is 26.0. The van der Waals surface area contributed by atoms with Gasteiger partial charge in [-0.2, -0.15) is 0 Å². The van der Waals surface area contributed by atoms with Crippen molar-refractivity contribution in [1.29, 1.82) is 0 Å². The highest BCUT2D eigenvalue weighted by Gasteiger charge is 2.29. The maximum absolute atomic E-state index is 11.7. The summed E-state index contributed by atoms with van der Waals surface area (Å²) in [6.07, 6.45) is 0. The number of halogens is 3. The monoisotopic (exact) mass is 336 g/mol. The predicted molar refractivity (Wildman–Crippen MR) is 82.5 cm³/mol. The standard InChI is InChI=1S/C12H15Cl3N4O/c1-6-9(7(2)20)10(17-8(3)19(4)5)18-11(16-6)12(13,14)15/h1-5H3. The van der Waals surface area contributed by atoms with Gasteiger partial charge in [0.25, 0.3) is 0 Å². The molecule has 0 amide bonds. The second-order valence-corrected chi connectivity index (χ2v) is 6.72. The Morgan fingerprint density at radius 3 is 2.15 bits per heavy atom. The lowest BCUT2D eigenvalue weighted by atomic mass is 10.1. The summed E-state index contributed by atoms with van der Waals surface area (Å²) in [5.74, 6) is 0.678. The Morgan fingerprint density at radius 2 is 1.75 bits per heavy atom. The van der Waals surface area contributed by atoms with Crippen molar-refractivity contribution in [2.75, 3.05) is 14.1 Å². The van der Waals surface area contributed by atoms with Gasteiger partial charge in [0.15, 0.2) is 17.4 Å². The highest BCUT2D eigenvalue weighted by Crippen LogP contribution is 2.37. The first-order chi connectivity index (χ1) is 9.04. The molecule has 1 heterocycles. The number of aromatic nitrogens is 2. The maximum Gasteiger partial charge on any atom is 0.250 e. The average molecular weight is 338 g/mol. The van der Waals surface area contributed by atoms with Crippen molar-refractivity contribution in [3.63, 3.8) is 0 Å². The lowest BCUT2D eigenvalue weighted by Gasteiger charge is -2.15. The summed E-state index contributed by atoms with van der Waals surface area (Å²) in [6.45, 7) is 4.86. The zero-order valence-corrected chi connectivity index (χ0v) is 14.1. The van der Waals surface area contributed by atoms with Crippen LogP contribution in [0.5, 0.6) is 0 Å². The van der Waals surface area contributed by atoms with E-state index in [0.29, 0.717) is 17.1 Å². The van der Waals surface area contributed by atoms with Gasteiger partial charge in [0.1, 0.15) is 5.84 Å². The van der Waals surface area contributed by atoms with Crippen LogP contribution < -0.4 is 0 Å². The van der Waals surface area contributed by atoms with Crippen LogP contribution in [-0.2, 0) is 3.79 Å². The van der Waals surface area contributed by atoms with Crippen LogP contribution >= 0.6 is 34.8 Å². The molecule has 0 aliphatic rings. The molecule has 110 valence electrons. The molecule has 0 saturated carbocycles. The van der Waals surface area contributed by atoms with Crippen molar-refractivity contribution >= 4 is 52.2 Å². The molecular weight excluding hydrogens is 323 g/mol. The number of carbonyl (C=O) groups excluding carboxylic acids is 1. The third-order valence-electron chi connectivity index (χ3n) is 2.59. The minimum atomic E-state index is -1.77. The second-order valence-electron chi connectivity index (χ2n) is 4.44. The summed E-state index contributed by atoms with van der Waals surface area (Å²) < 4.78 is -1.77. The number of ketones is 1. The normalized spacial score (nSPS) is 12.5. The number of hydrogen-bond donors (Lipinski definition) is 0. The van der Waals surface area contributed by atoms with Gasteiger partial charge in [0.05, 0.1) is 11.3 Å². The smallest absolute Gasteiger partial charge is 0.250 e. The summed E-state index contributed by atoms with van der Waals surface area (Å²) in [6, 6.07) is 0. The van der Waals surface area contributed by atoms with Gasteiger partial charge in [0.2, 0.25) is 3.79 Å². The number of Topliss-reactive ketones (excluding diaryl/α,β-unsaturated/α-hetero) is 1. The van der Waals surface area contributed by atoms with E-state index in [-0.39, 0.29) is 17.4 Å². The number of nitrogens with zero attached hydrogens (tertiary/aromatic N) is 4. The quantitative estimate of drug-likeness (QED) is 0.359. The average Bonchev–Trinajstić information content (AvgIpc) is 2.26. The molecule has 0 bridgehead atoms. The van der Waals surface area contributed by atoms with E-state index in [0.717, 1.165) is 0 Å². The van der Waals surface area contributed by atoms with Crippen LogP contribution in [0.2, 0.25) is 0 Å². The summed E-state index contributed by atoms with van der Waals surface area (Å²) in [7, 11) is 3.66. The van der Waals surface area contributed by atoms with Gasteiger partial charge < -0.3 is 4.90 Å². The van der Waals surface area contributed by atoms with Crippen LogP contribution in [-0.4, -0.2) is 40.6 Å². The van der Waals surface area contributed by atoms with Crippen molar-refractivity contribution in [2.24, 2.45) is 4.99 Å². The van der Waals surface area contributed by atoms with Crippen LogP contribution in [0, 0.1) is 6.92 Å². The minimum absolute atomic E-state index is 0.00435. The molecule has 20 heavy (non-hydrogen) atoms. The topological polar surface area (TPSA) is 58.5 Å². The van der Waals surface area contributed by atoms with Gasteiger partial charge in [-0.25, -0.2) is 15.0 Å². The number of rotatable bonds is 2. The Kier molecular flexibility index (Phi) is 5.35. The fraction of sp³-hybridized carbons (Fsp3) is 0.500. The van der Waals surface area contributed by atoms with E-state index in [1.54, 1.807) is 18.7 Å². The lowest BCUT2D eigenvalue weighted by molar-refractivity contribution is 0.101. The van der Waals surface area contributed by atoms with E-state index in [1.807, 2.05) is 14.1 Å². The molecular formula is C12H15Cl3N4O. The van der Waals surface area contributed by atoms with E-state index < -0.39 is 3.79 Å². The van der Waals surface area contributed by atoms with E-state index >= 15 is 0 Å². The Balaban J connectivity index is 3.57. The first-order valence-corrected chi connectivity index (χ1v) is 6.86. The van der Waals surface area contributed by atoms with Crippen molar-refractivity contribution in [1.82, 2.24) is 14.9 Å². The third-order valence-corrected chi connectivity index (χ3v) is 3.10. The highest BCUT2D eigenvalue weighted by atomic mass is 35.6. The summed E-state index contributed by atoms with van der Waals surface area (Å²) in [5.41, 5.74) is 0.753. The summed E-state index contributed by atoms with van der Waals surface area (Å²) >= 11 is 17.4. The van der Waals surface area contributed by atoms with Crippen LogP contribution in [0.25, 0.3) is 0 Å². The number of aryl methyl sites for hydroxylation is 1. The van der Waals surface area contributed by atoms with E-state index in [9.17, 15) is 4.79 Å². The fourth-order valence-corrected chi connectivity index (χ4v) is 1.68. The van der Waals surface area contributed by atoms with Gasteiger partial charge in [0, 0.05) is 14.1 Å². The van der Waals surface area contributed by atoms with Crippen molar-refractivity contribution in [3.8, 4) is 0 Å². The van der Waals surface area contributed by atoms with Gasteiger partial charge in [-0.15, -0.1) is 0 Å². The molecule has 8 heteroatoms. The number of carbonyl (C=O) groups is 1. The molecule has 1 aromatic rings. The molecule has 0 saturated heterocycles. The van der Waals surface area contributed by atoms with Crippen LogP contribution in [0.3, 0.4) is 0 Å². The van der Waals surface area contributed by atoms with E-state index in [4.69, 9.17) is 34.8 Å². The molecule has 0 aliphatic heterocycles. The van der Waals surface area contributed by atoms with Gasteiger partial charge in [-0.05, 0) is 20.8 Å².